The van der Waals surface area contributed by atoms with Gasteiger partial charge in [-0.25, -0.2) is 4.21 Å². The molecular formula is C20H21NO2S. The van der Waals surface area contributed by atoms with Crippen molar-refractivity contribution in [1.29, 1.82) is 5.26 Å². The molecule has 0 fully saturated rings. The first-order valence-corrected chi connectivity index (χ1v) is 8.99. The van der Waals surface area contributed by atoms with Crippen LogP contribution in [-0.4, -0.2) is 9.99 Å². The van der Waals surface area contributed by atoms with Crippen molar-refractivity contribution in [3.63, 3.8) is 0 Å². The zero-order valence-corrected chi connectivity index (χ0v) is 15.2. The average molecular weight is 339 g/mol. The Kier molecular flexibility index (Phi) is 5.36. The van der Waals surface area contributed by atoms with E-state index in [1.807, 2.05) is 45.0 Å². The van der Waals surface area contributed by atoms with E-state index in [0.29, 0.717) is 15.4 Å². The van der Waals surface area contributed by atoms with E-state index >= 15 is 0 Å². The van der Waals surface area contributed by atoms with Crippen LogP contribution >= 0.6 is 0 Å². The molecule has 0 heterocycles. The molecule has 0 bridgehead atoms. The molecule has 2 aromatic carbocycles. The third kappa shape index (κ3) is 3.05. The molecule has 0 saturated heterocycles. The molecule has 0 saturated carbocycles. The second-order valence-corrected chi connectivity index (χ2v) is 7.66. The van der Waals surface area contributed by atoms with Gasteiger partial charge in [0.25, 0.3) is 0 Å². The van der Waals surface area contributed by atoms with Crippen molar-refractivity contribution in [3.05, 3.63) is 59.7 Å². The summed E-state index contributed by atoms with van der Waals surface area (Å²) >= 11 is 0. The molecular weight excluding hydrogens is 318 g/mol. The zero-order valence-electron chi connectivity index (χ0n) is 14.4. The number of aryl methyl sites for hydroxylation is 1. The van der Waals surface area contributed by atoms with Gasteiger partial charge >= 0.3 is 0 Å². The summed E-state index contributed by atoms with van der Waals surface area (Å²) in [5.41, 5.74) is 0.326. The summed E-state index contributed by atoms with van der Waals surface area (Å²) in [6.45, 7) is 7.08. The van der Waals surface area contributed by atoms with E-state index in [1.165, 1.54) is 6.92 Å². The van der Waals surface area contributed by atoms with E-state index in [9.17, 15) is 14.3 Å². The maximum atomic E-state index is 13.1. The lowest BCUT2D eigenvalue weighted by Crippen LogP contribution is -2.39. The third-order valence-corrected chi connectivity index (χ3v) is 5.80. The predicted octanol–water partition coefficient (Wildman–Crippen LogP) is 4.17. The minimum atomic E-state index is -1.45. The lowest BCUT2D eigenvalue weighted by atomic mass is 9.70. The summed E-state index contributed by atoms with van der Waals surface area (Å²) < 4.78 is 13.1. The van der Waals surface area contributed by atoms with Crippen LogP contribution in [-0.2, 0) is 21.0 Å². The summed E-state index contributed by atoms with van der Waals surface area (Å²) in [6, 6.07) is 16.7. The molecule has 0 amide bonds. The molecule has 0 N–H and O–H groups in total. The van der Waals surface area contributed by atoms with Crippen molar-refractivity contribution in [2.24, 2.45) is 5.92 Å². The van der Waals surface area contributed by atoms with Crippen LogP contribution in [0.4, 0.5) is 0 Å². The standard InChI is InChI=1S/C20H21NO2S/c1-14(2)20(13-21,16(4)22)18-7-5-6-8-19(18)24(23)17-11-9-15(3)10-12-17/h5-12,14H,1-4H3/t20-,24-/m0/s1. The molecule has 2 atom stereocenters. The van der Waals surface area contributed by atoms with E-state index in [-0.39, 0.29) is 11.7 Å². The van der Waals surface area contributed by atoms with Gasteiger partial charge in [0.1, 0.15) is 5.41 Å². The topological polar surface area (TPSA) is 57.9 Å². The number of nitrogens with zero attached hydrogens (tertiary/aromatic N) is 1. The Bertz CT molecular complexity index is 818. The highest BCUT2D eigenvalue weighted by Crippen LogP contribution is 2.37. The van der Waals surface area contributed by atoms with E-state index in [1.54, 1.807) is 24.3 Å². The summed E-state index contributed by atoms with van der Waals surface area (Å²) in [5, 5.41) is 9.81. The Hall–Kier alpha value is -2.25. The molecule has 0 unspecified atom stereocenters. The molecule has 0 aliphatic rings. The van der Waals surface area contributed by atoms with Crippen molar-refractivity contribution < 1.29 is 9.00 Å². The zero-order chi connectivity index (χ0) is 17.9. The fourth-order valence-corrected chi connectivity index (χ4v) is 4.19. The number of nitriles is 1. The van der Waals surface area contributed by atoms with Crippen molar-refractivity contribution in [2.75, 3.05) is 0 Å². The van der Waals surface area contributed by atoms with Crippen molar-refractivity contribution in [1.82, 2.24) is 0 Å². The third-order valence-electron chi connectivity index (χ3n) is 4.34. The number of carbonyl (C=O) groups excluding carboxylic acids is 1. The summed E-state index contributed by atoms with van der Waals surface area (Å²) in [7, 11) is -1.45. The molecule has 0 aliphatic heterocycles. The van der Waals surface area contributed by atoms with E-state index in [4.69, 9.17) is 0 Å². The first-order valence-electron chi connectivity index (χ1n) is 7.84. The van der Waals surface area contributed by atoms with Crippen molar-refractivity contribution in [3.8, 4) is 6.07 Å². The Morgan fingerprint density at radius 3 is 2.21 bits per heavy atom. The second-order valence-electron chi connectivity index (χ2n) is 6.21. The van der Waals surface area contributed by atoms with Crippen molar-refractivity contribution >= 4 is 16.6 Å². The number of rotatable bonds is 5. The van der Waals surface area contributed by atoms with Crippen LogP contribution in [0.15, 0.2) is 58.3 Å². The smallest absolute Gasteiger partial charge is 0.154 e. The van der Waals surface area contributed by atoms with Crippen LogP contribution in [0.3, 0.4) is 0 Å². The highest BCUT2D eigenvalue weighted by molar-refractivity contribution is 7.85. The molecule has 124 valence electrons. The van der Waals surface area contributed by atoms with Crippen molar-refractivity contribution in [2.45, 2.75) is 42.9 Å². The van der Waals surface area contributed by atoms with Gasteiger partial charge in [0.2, 0.25) is 0 Å². The predicted molar refractivity (Wildman–Crippen MR) is 95.1 cm³/mol. The Labute approximate surface area is 145 Å². The largest absolute Gasteiger partial charge is 0.298 e. The SMILES string of the molecule is CC(=O)[C@@](C#N)(c1ccccc1[S@@](=O)c1ccc(C)cc1)C(C)C. The van der Waals surface area contributed by atoms with E-state index in [0.717, 1.165) is 5.56 Å². The van der Waals surface area contributed by atoms with Gasteiger partial charge in [0, 0.05) is 9.79 Å². The Balaban J connectivity index is 2.67. The normalized spacial score (nSPS) is 14.7. The van der Waals surface area contributed by atoms with Gasteiger partial charge in [-0.15, -0.1) is 0 Å². The van der Waals surface area contributed by atoms with E-state index < -0.39 is 16.2 Å². The van der Waals surface area contributed by atoms with Crippen LogP contribution in [0, 0.1) is 24.2 Å². The Morgan fingerprint density at radius 1 is 1.12 bits per heavy atom. The van der Waals surface area contributed by atoms with Gasteiger partial charge in [-0.05, 0) is 43.5 Å². The molecule has 4 heteroatoms. The summed E-state index contributed by atoms with van der Waals surface area (Å²) in [5.74, 6) is -0.454. The number of hydrogen-bond acceptors (Lipinski definition) is 3. The minimum Gasteiger partial charge on any atom is -0.298 e. The van der Waals surface area contributed by atoms with Gasteiger partial charge in [0.15, 0.2) is 5.78 Å². The highest BCUT2D eigenvalue weighted by Gasteiger charge is 2.43. The Morgan fingerprint density at radius 2 is 1.71 bits per heavy atom. The molecule has 2 rings (SSSR count). The van der Waals surface area contributed by atoms with Gasteiger partial charge in [-0.2, -0.15) is 5.26 Å². The van der Waals surface area contributed by atoms with Crippen LogP contribution in [0.25, 0.3) is 0 Å². The maximum absolute atomic E-state index is 13.1. The summed E-state index contributed by atoms with van der Waals surface area (Å²) in [4.78, 5) is 13.6. The lowest BCUT2D eigenvalue weighted by Gasteiger charge is -2.30. The number of benzene rings is 2. The highest BCUT2D eigenvalue weighted by atomic mass is 32.2. The van der Waals surface area contributed by atoms with Gasteiger partial charge in [-0.3, -0.25) is 4.79 Å². The molecule has 0 aliphatic carbocycles. The number of Topliss-reactive ketones (excluding diaryl/α,β-unsaturated/α-hetero) is 1. The van der Waals surface area contributed by atoms with Crippen LogP contribution in [0.5, 0.6) is 0 Å². The quantitative estimate of drug-likeness (QED) is 0.821. The van der Waals surface area contributed by atoms with Crippen LogP contribution in [0.1, 0.15) is 31.9 Å². The maximum Gasteiger partial charge on any atom is 0.154 e. The van der Waals surface area contributed by atoms with E-state index in [2.05, 4.69) is 6.07 Å². The molecule has 0 radical (unpaired) electrons. The lowest BCUT2D eigenvalue weighted by molar-refractivity contribution is -0.121. The second kappa shape index (κ2) is 7.11. The number of carbonyl (C=O) groups is 1. The molecule has 24 heavy (non-hydrogen) atoms. The molecule has 3 nitrogen and oxygen atoms in total. The first kappa shape index (κ1) is 18.1. The van der Waals surface area contributed by atoms with Gasteiger partial charge in [-0.1, -0.05) is 49.7 Å². The fraction of sp³-hybridized carbons (Fsp3) is 0.300. The molecule has 2 aromatic rings. The average Bonchev–Trinajstić information content (AvgIpc) is 2.56. The molecule has 0 spiro atoms. The minimum absolute atomic E-state index is 0.226. The van der Waals surface area contributed by atoms with Gasteiger partial charge in [0.05, 0.1) is 16.9 Å². The van der Waals surface area contributed by atoms with Crippen LogP contribution in [0.2, 0.25) is 0 Å². The number of hydrogen-bond donors (Lipinski definition) is 0. The summed E-state index contributed by atoms with van der Waals surface area (Å²) in [6.07, 6.45) is 0. The fourth-order valence-electron chi connectivity index (χ4n) is 2.92. The monoisotopic (exact) mass is 339 g/mol. The number of ketones is 1. The van der Waals surface area contributed by atoms with Gasteiger partial charge < -0.3 is 0 Å². The first-order chi connectivity index (χ1) is 11.3. The molecule has 0 aromatic heterocycles. The van der Waals surface area contributed by atoms with Crippen LogP contribution < -0.4 is 0 Å².